The lowest BCUT2D eigenvalue weighted by Crippen LogP contribution is -2.47. The average molecular weight is 483 g/mol. The summed E-state index contributed by atoms with van der Waals surface area (Å²) in [5, 5.41) is 23.8. The number of pyridine rings is 2. The highest BCUT2D eigenvalue weighted by Gasteiger charge is 2.30. The number of carbonyl (C=O) groups excluding carboxylic acids is 2. The first-order valence-corrected chi connectivity index (χ1v) is 11.5. The first-order valence-electron chi connectivity index (χ1n) is 11.5. The Morgan fingerprint density at radius 3 is 2.51 bits per heavy atom. The molecule has 0 spiro atoms. The Kier molecular flexibility index (Phi) is 8.84. The number of aromatic nitrogens is 2. The summed E-state index contributed by atoms with van der Waals surface area (Å²) in [7, 11) is 0. The highest BCUT2D eigenvalue weighted by Crippen LogP contribution is 2.24. The van der Waals surface area contributed by atoms with E-state index in [2.05, 4.69) is 15.3 Å². The van der Waals surface area contributed by atoms with E-state index < -0.39 is 35.5 Å². The molecule has 0 aliphatic carbocycles. The molecule has 3 atom stereocenters. The second-order valence-corrected chi connectivity index (χ2v) is 9.25. The van der Waals surface area contributed by atoms with Crippen LogP contribution in [0.15, 0.2) is 60.8 Å². The van der Waals surface area contributed by atoms with Gasteiger partial charge in [0.25, 0.3) is 5.91 Å². The number of halogens is 1. The second-order valence-electron chi connectivity index (χ2n) is 9.25. The van der Waals surface area contributed by atoms with Crippen molar-refractivity contribution >= 4 is 22.8 Å². The van der Waals surface area contributed by atoms with E-state index in [1.165, 1.54) is 13.8 Å². The molecule has 2 aromatic heterocycles. The minimum atomic E-state index is -1.51. The molecule has 2 amide bonds. The van der Waals surface area contributed by atoms with Gasteiger partial charge in [-0.15, -0.1) is 0 Å². The number of hydroxylamine groups is 1. The average Bonchev–Trinajstić information content (AvgIpc) is 2.85. The minimum Gasteiger partial charge on any atom is -0.391 e. The van der Waals surface area contributed by atoms with E-state index in [9.17, 15) is 19.1 Å². The predicted molar refractivity (Wildman–Crippen MR) is 129 cm³/mol. The highest BCUT2D eigenvalue weighted by molar-refractivity contribution is 5.94. The van der Waals surface area contributed by atoms with E-state index in [0.29, 0.717) is 12.1 Å². The molecule has 4 N–H and O–H groups in total. The molecule has 0 aliphatic heterocycles. The molecule has 0 radical (unpaired) electrons. The van der Waals surface area contributed by atoms with Gasteiger partial charge in [-0.05, 0) is 69.4 Å². The molecule has 3 unspecified atom stereocenters. The third kappa shape index (κ3) is 7.80. The van der Waals surface area contributed by atoms with E-state index in [0.717, 1.165) is 10.9 Å². The lowest BCUT2D eigenvalue weighted by atomic mass is 9.88. The fraction of sp³-hybridized carbons (Fsp3) is 0.385. The summed E-state index contributed by atoms with van der Waals surface area (Å²) < 4.78 is 14.0. The van der Waals surface area contributed by atoms with E-state index >= 15 is 0 Å². The van der Waals surface area contributed by atoms with Crippen molar-refractivity contribution in [3.05, 3.63) is 72.1 Å². The number of alkyl halides is 1. The normalized spacial score (nSPS) is 14.2. The summed E-state index contributed by atoms with van der Waals surface area (Å²) in [6.45, 7) is 2.81. The topological polar surface area (TPSA) is 124 Å². The summed E-state index contributed by atoms with van der Waals surface area (Å²) in [5.74, 6) is -2.05. The van der Waals surface area contributed by atoms with Crippen molar-refractivity contribution in [3.8, 4) is 0 Å². The summed E-state index contributed by atoms with van der Waals surface area (Å²) in [6.07, 6.45) is 0.847. The van der Waals surface area contributed by atoms with Gasteiger partial charge < -0.3 is 10.4 Å². The van der Waals surface area contributed by atoms with Crippen LogP contribution in [-0.4, -0.2) is 49.9 Å². The number of hydrogen-bond donors (Lipinski definition) is 4. The Balaban J connectivity index is 1.80. The van der Waals surface area contributed by atoms with Crippen LogP contribution >= 0.6 is 0 Å². The van der Waals surface area contributed by atoms with Crippen LogP contribution < -0.4 is 10.8 Å². The maximum atomic E-state index is 14.0. The largest absolute Gasteiger partial charge is 0.391 e. The van der Waals surface area contributed by atoms with Gasteiger partial charge in [-0.3, -0.25) is 14.8 Å². The van der Waals surface area contributed by atoms with Crippen molar-refractivity contribution in [2.24, 2.45) is 5.92 Å². The van der Waals surface area contributed by atoms with E-state index in [4.69, 9.17) is 5.21 Å². The van der Waals surface area contributed by atoms with Crippen molar-refractivity contribution in [2.75, 3.05) is 0 Å². The van der Waals surface area contributed by atoms with Crippen LogP contribution in [-0.2, 0) is 11.2 Å². The monoisotopic (exact) mass is 482 g/mol. The highest BCUT2D eigenvalue weighted by atomic mass is 19.1. The SMILES string of the molecule is CC(C)(F)CCC(CC(O)C(Cc1ccccc1)NC(=O)c1ccc2cccnc2n1)C(=O)NO. The zero-order valence-electron chi connectivity index (χ0n) is 19.8. The van der Waals surface area contributed by atoms with Crippen LogP contribution in [0, 0.1) is 5.92 Å². The van der Waals surface area contributed by atoms with Crippen LogP contribution in [0.1, 0.15) is 49.2 Å². The van der Waals surface area contributed by atoms with Crippen LogP contribution in [0.2, 0.25) is 0 Å². The molecule has 2 heterocycles. The number of hydrogen-bond acceptors (Lipinski definition) is 6. The van der Waals surface area contributed by atoms with Crippen molar-refractivity contribution in [1.29, 1.82) is 0 Å². The zero-order chi connectivity index (χ0) is 25.4. The standard InChI is InChI=1S/C26H31FN4O4/c1-26(2,27)13-12-19(24(33)31-35)16-22(32)21(15-17-7-4-3-5-8-17)30-25(34)20-11-10-18-9-6-14-28-23(18)29-20/h3-11,14,19,21-22,32,35H,12-13,15-16H2,1-2H3,(H,30,34)(H,31,33). The molecule has 0 saturated heterocycles. The molecule has 9 heteroatoms. The number of aliphatic hydroxyl groups is 1. The van der Waals surface area contributed by atoms with E-state index in [1.54, 1.807) is 29.9 Å². The van der Waals surface area contributed by atoms with E-state index in [1.807, 2.05) is 36.4 Å². The van der Waals surface area contributed by atoms with Crippen molar-refractivity contribution < 1.29 is 24.3 Å². The molecule has 35 heavy (non-hydrogen) atoms. The molecule has 0 saturated carbocycles. The number of amides is 2. The maximum Gasteiger partial charge on any atom is 0.270 e. The van der Waals surface area contributed by atoms with E-state index in [-0.39, 0.29) is 25.0 Å². The van der Waals surface area contributed by atoms with Crippen LogP contribution in [0.5, 0.6) is 0 Å². The molecule has 186 valence electrons. The number of rotatable bonds is 11. The van der Waals surface area contributed by atoms with Gasteiger partial charge >= 0.3 is 0 Å². The van der Waals surface area contributed by atoms with Crippen molar-refractivity contribution in [2.45, 2.75) is 57.3 Å². The predicted octanol–water partition coefficient (Wildman–Crippen LogP) is 3.37. The smallest absolute Gasteiger partial charge is 0.270 e. The Morgan fingerprint density at radius 1 is 1.09 bits per heavy atom. The third-order valence-corrected chi connectivity index (χ3v) is 5.87. The number of fused-ring (bicyclic) bond motifs is 1. The quantitative estimate of drug-likeness (QED) is 0.245. The fourth-order valence-electron chi connectivity index (χ4n) is 3.89. The minimum absolute atomic E-state index is 0.0710. The molecule has 3 aromatic rings. The molecule has 0 aliphatic rings. The van der Waals surface area contributed by atoms with Gasteiger partial charge in [0, 0.05) is 17.5 Å². The van der Waals surface area contributed by atoms with Gasteiger partial charge in [0.1, 0.15) is 11.4 Å². The summed E-state index contributed by atoms with van der Waals surface area (Å²) >= 11 is 0. The van der Waals surface area contributed by atoms with Gasteiger partial charge in [0.15, 0.2) is 5.65 Å². The van der Waals surface area contributed by atoms with Gasteiger partial charge in [-0.25, -0.2) is 19.8 Å². The molecular formula is C26H31FN4O4. The van der Waals surface area contributed by atoms with Crippen molar-refractivity contribution in [1.82, 2.24) is 20.8 Å². The molecular weight excluding hydrogens is 451 g/mol. The third-order valence-electron chi connectivity index (χ3n) is 5.87. The summed E-state index contributed by atoms with van der Waals surface area (Å²) in [4.78, 5) is 33.7. The van der Waals surface area contributed by atoms with Gasteiger partial charge in [-0.2, -0.15) is 0 Å². The van der Waals surface area contributed by atoms with Crippen LogP contribution in [0.3, 0.4) is 0 Å². The molecule has 3 rings (SSSR count). The maximum absolute atomic E-state index is 14.0. The number of benzene rings is 1. The second kappa shape index (κ2) is 11.8. The van der Waals surface area contributed by atoms with Crippen molar-refractivity contribution in [3.63, 3.8) is 0 Å². The first-order chi connectivity index (χ1) is 16.7. The Labute approximate surface area is 203 Å². The fourth-order valence-corrected chi connectivity index (χ4v) is 3.89. The number of nitrogens with one attached hydrogen (secondary N) is 2. The zero-order valence-corrected chi connectivity index (χ0v) is 19.8. The Morgan fingerprint density at radius 2 is 1.83 bits per heavy atom. The molecule has 0 fully saturated rings. The lowest BCUT2D eigenvalue weighted by Gasteiger charge is -2.28. The lowest BCUT2D eigenvalue weighted by molar-refractivity contribution is -0.135. The van der Waals surface area contributed by atoms with Gasteiger partial charge in [0.05, 0.1) is 12.1 Å². The summed E-state index contributed by atoms with van der Waals surface area (Å²) in [6, 6.07) is 15.5. The van der Waals surface area contributed by atoms with Gasteiger partial charge in [-0.1, -0.05) is 30.3 Å². The molecule has 8 nitrogen and oxygen atoms in total. The van der Waals surface area contributed by atoms with Crippen LogP contribution in [0.4, 0.5) is 4.39 Å². The molecule has 0 bridgehead atoms. The van der Waals surface area contributed by atoms with Crippen LogP contribution in [0.25, 0.3) is 11.0 Å². The Bertz CT molecular complexity index is 1140. The summed E-state index contributed by atoms with van der Waals surface area (Å²) in [5.41, 5.74) is 1.54. The number of nitrogens with zero attached hydrogens (tertiary/aromatic N) is 2. The van der Waals surface area contributed by atoms with Gasteiger partial charge in [0.2, 0.25) is 5.91 Å². The number of aliphatic hydroxyl groups excluding tert-OH is 1. The first kappa shape index (κ1) is 26.2. The Hall–Kier alpha value is -3.43. The molecule has 1 aromatic carbocycles. The number of carbonyl (C=O) groups is 2.